The highest BCUT2D eigenvalue weighted by Gasteiger charge is 2.20. The minimum Gasteiger partial charge on any atom is -0.261 e. The Morgan fingerprint density at radius 2 is 1.92 bits per heavy atom. The molecule has 134 valence electrons. The summed E-state index contributed by atoms with van der Waals surface area (Å²) >= 11 is 0. The van der Waals surface area contributed by atoms with Crippen molar-refractivity contribution >= 4 is 10.8 Å². The first-order valence-electron chi connectivity index (χ1n) is 9.94. The van der Waals surface area contributed by atoms with Crippen LogP contribution in [0.4, 0.5) is 0 Å². The van der Waals surface area contributed by atoms with Gasteiger partial charge >= 0.3 is 0 Å². The Balaban J connectivity index is 1.75. The molecule has 1 heterocycles. The average molecular weight is 336 g/mol. The van der Waals surface area contributed by atoms with Gasteiger partial charge in [-0.3, -0.25) is 4.98 Å². The summed E-state index contributed by atoms with van der Waals surface area (Å²) in [5, 5.41) is 2.70. The Hall–Kier alpha value is -1.63. The molecule has 1 fully saturated rings. The molecule has 0 spiro atoms. The van der Waals surface area contributed by atoms with E-state index in [-0.39, 0.29) is 0 Å². The SMILES string of the molecule is C=CC1CCC(Cc2cc3c(CCC(C)(C)C)cccc3cn2)CC1. The highest BCUT2D eigenvalue weighted by molar-refractivity contribution is 5.85. The van der Waals surface area contributed by atoms with E-state index in [0.29, 0.717) is 5.41 Å². The molecule has 1 aromatic heterocycles. The molecule has 1 heteroatoms. The molecule has 0 amide bonds. The lowest BCUT2D eigenvalue weighted by atomic mass is 9.80. The summed E-state index contributed by atoms with van der Waals surface area (Å²) in [4.78, 5) is 4.77. The van der Waals surface area contributed by atoms with Gasteiger partial charge in [-0.05, 0) is 79.2 Å². The zero-order valence-corrected chi connectivity index (χ0v) is 16.2. The van der Waals surface area contributed by atoms with E-state index in [4.69, 9.17) is 4.98 Å². The number of pyridine rings is 1. The fourth-order valence-electron chi connectivity index (χ4n) is 4.04. The van der Waals surface area contributed by atoms with Crippen molar-refractivity contribution in [2.24, 2.45) is 17.3 Å². The van der Waals surface area contributed by atoms with Crippen molar-refractivity contribution in [3.63, 3.8) is 0 Å². The molecule has 0 aliphatic heterocycles. The summed E-state index contributed by atoms with van der Waals surface area (Å²) in [6, 6.07) is 9.04. The van der Waals surface area contributed by atoms with E-state index in [1.807, 2.05) is 0 Å². The molecule has 1 aromatic carbocycles. The molecule has 1 nitrogen and oxygen atoms in total. The van der Waals surface area contributed by atoms with Crippen LogP contribution < -0.4 is 0 Å². The number of benzene rings is 1. The van der Waals surface area contributed by atoms with Crippen LogP contribution in [0.25, 0.3) is 10.8 Å². The Kier molecular flexibility index (Phi) is 5.61. The van der Waals surface area contributed by atoms with Crippen LogP contribution >= 0.6 is 0 Å². The molecule has 3 rings (SSSR count). The topological polar surface area (TPSA) is 12.9 Å². The largest absolute Gasteiger partial charge is 0.261 e. The quantitative estimate of drug-likeness (QED) is 0.551. The molecule has 0 N–H and O–H groups in total. The number of aromatic nitrogens is 1. The van der Waals surface area contributed by atoms with Crippen LogP contribution in [0.2, 0.25) is 0 Å². The fraction of sp³-hybridized carbons (Fsp3) is 0.542. The number of fused-ring (bicyclic) bond motifs is 1. The summed E-state index contributed by atoms with van der Waals surface area (Å²) in [5.41, 5.74) is 3.13. The Labute approximate surface area is 153 Å². The van der Waals surface area contributed by atoms with Crippen molar-refractivity contribution in [1.82, 2.24) is 4.98 Å². The van der Waals surface area contributed by atoms with Crippen LogP contribution in [-0.2, 0) is 12.8 Å². The molecule has 0 unspecified atom stereocenters. The van der Waals surface area contributed by atoms with E-state index < -0.39 is 0 Å². The molecular weight excluding hydrogens is 302 g/mol. The number of allylic oxidation sites excluding steroid dienone is 1. The lowest BCUT2D eigenvalue weighted by Crippen LogP contribution is -2.15. The molecule has 2 aromatic rings. The maximum atomic E-state index is 4.77. The average Bonchev–Trinajstić information content (AvgIpc) is 2.60. The highest BCUT2D eigenvalue weighted by atomic mass is 14.7. The molecule has 25 heavy (non-hydrogen) atoms. The third kappa shape index (κ3) is 4.93. The van der Waals surface area contributed by atoms with Gasteiger partial charge < -0.3 is 0 Å². The molecule has 1 aliphatic carbocycles. The number of hydrogen-bond acceptors (Lipinski definition) is 1. The third-order valence-electron chi connectivity index (χ3n) is 5.78. The van der Waals surface area contributed by atoms with Gasteiger partial charge in [-0.15, -0.1) is 6.58 Å². The molecule has 1 saturated carbocycles. The predicted octanol–water partition coefficient (Wildman–Crippen LogP) is 6.75. The smallest absolute Gasteiger partial charge is 0.0412 e. The Morgan fingerprint density at radius 1 is 1.16 bits per heavy atom. The van der Waals surface area contributed by atoms with Crippen molar-refractivity contribution in [2.75, 3.05) is 0 Å². The van der Waals surface area contributed by atoms with Crippen LogP contribution in [0, 0.1) is 17.3 Å². The summed E-state index contributed by atoms with van der Waals surface area (Å²) in [5.74, 6) is 1.53. The van der Waals surface area contributed by atoms with E-state index in [1.165, 1.54) is 54.1 Å². The number of rotatable bonds is 5. The monoisotopic (exact) mass is 335 g/mol. The predicted molar refractivity (Wildman–Crippen MR) is 109 cm³/mol. The van der Waals surface area contributed by atoms with Crippen LogP contribution in [0.5, 0.6) is 0 Å². The minimum absolute atomic E-state index is 0.377. The van der Waals surface area contributed by atoms with Gasteiger partial charge in [-0.25, -0.2) is 0 Å². The molecule has 0 atom stereocenters. The van der Waals surface area contributed by atoms with Crippen molar-refractivity contribution in [3.8, 4) is 0 Å². The van der Waals surface area contributed by atoms with Gasteiger partial charge in [0.2, 0.25) is 0 Å². The van der Waals surface area contributed by atoms with E-state index in [1.54, 1.807) is 0 Å². The van der Waals surface area contributed by atoms with Gasteiger partial charge in [0.05, 0.1) is 0 Å². The summed E-state index contributed by atoms with van der Waals surface area (Å²) < 4.78 is 0. The van der Waals surface area contributed by atoms with Crippen molar-refractivity contribution in [2.45, 2.75) is 65.7 Å². The first-order valence-corrected chi connectivity index (χ1v) is 9.94. The van der Waals surface area contributed by atoms with Crippen molar-refractivity contribution in [3.05, 3.63) is 54.4 Å². The molecule has 0 saturated heterocycles. The lowest BCUT2D eigenvalue weighted by molar-refractivity contribution is 0.307. The second kappa shape index (κ2) is 7.72. The number of hydrogen-bond donors (Lipinski definition) is 0. The Morgan fingerprint density at radius 3 is 2.60 bits per heavy atom. The number of aryl methyl sites for hydroxylation is 1. The summed E-state index contributed by atoms with van der Waals surface area (Å²) in [6.45, 7) is 10.9. The van der Waals surface area contributed by atoms with Gasteiger partial charge in [0.15, 0.2) is 0 Å². The second-order valence-corrected chi connectivity index (χ2v) is 9.10. The second-order valence-electron chi connectivity index (χ2n) is 9.10. The maximum absolute atomic E-state index is 4.77. The molecule has 0 radical (unpaired) electrons. The summed E-state index contributed by atoms with van der Waals surface area (Å²) in [7, 11) is 0. The number of nitrogens with zero attached hydrogens (tertiary/aromatic N) is 1. The van der Waals surface area contributed by atoms with Gasteiger partial charge in [-0.1, -0.05) is 45.0 Å². The van der Waals surface area contributed by atoms with Gasteiger partial charge in [0.25, 0.3) is 0 Å². The van der Waals surface area contributed by atoms with Crippen LogP contribution in [0.3, 0.4) is 0 Å². The van der Waals surface area contributed by atoms with Crippen molar-refractivity contribution < 1.29 is 0 Å². The first-order chi connectivity index (χ1) is 11.9. The van der Waals surface area contributed by atoms with Crippen LogP contribution in [0.15, 0.2) is 43.1 Å². The van der Waals surface area contributed by atoms with E-state index in [9.17, 15) is 0 Å². The molecule has 0 bridgehead atoms. The Bertz CT molecular complexity index is 714. The fourth-order valence-corrected chi connectivity index (χ4v) is 4.04. The van der Waals surface area contributed by atoms with Gasteiger partial charge in [-0.2, -0.15) is 0 Å². The standard InChI is InChI=1S/C24H33N/c1-5-18-9-11-19(12-10-18)15-22-16-23-20(13-14-24(2,3)4)7-6-8-21(23)17-25-22/h5-8,16-19H,1,9-15H2,2-4H3. The maximum Gasteiger partial charge on any atom is 0.0412 e. The van der Waals surface area contributed by atoms with Crippen LogP contribution in [-0.4, -0.2) is 4.98 Å². The minimum atomic E-state index is 0.377. The van der Waals surface area contributed by atoms with Gasteiger partial charge in [0, 0.05) is 17.3 Å². The molecular formula is C24H33N. The summed E-state index contributed by atoms with van der Waals surface area (Å²) in [6.07, 6.45) is 13.0. The van der Waals surface area contributed by atoms with E-state index in [2.05, 4.69) is 63.9 Å². The van der Waals surface area contributed by atoms with Gasteiger partial charge in [0.1, 0.15) is 0 Å². The molecule has 1 aliphatic rings. The zero-order valence-electron chi connectivity index (χ0n) is 16.2. The van der Waals surface area contributed by atoms with E-state index in [0.717, 1.165) is 24.7 Å². The zero-order chi connectivity index (χ0) is 17.9. The lowest BCUT2D eigenvalue weighted by Gasteiger charge is -2.26. The first kappa shape index (κ1) is 18.2. The van der Waals surface area contributed by atoms with Crippen molar-refractivity contribution in [1.29, 1.82) is 0 Å². The highest BCUT2D eigenvalue weighted by Crippen LogP contribution is 2.32. The van der Waals surface area contributed by atoms with E-state index >= 15 is 0 Å². The third-order valence-corrected chi connectivity index (χ3v) is 5.78. The normalized spacial score (nSPS) is 21.4. The van der Waals surface area contributed by atoms with Crippen LogP contribution in [0.1, 0.15) is 64.1 Å².